The third-order valence-electron chi connectivity index (χ3n) is 4.04. The number of nitrogens with zero attached hydrogens (tertiary/aromatic N) is 1. The van der Waals surface area contributed by atoms with Gasteiger partial charge in [-0.05, 0) is 31.2 Å². The van der Waals surface area contributed by atoms with Crippen LogP contribution in [0.15, 0.2) is 0 Å². The van der Waals surface area contributed by atoms with E-state index >= 15 is 0 Å². The summed E-state index contributed by atoms with van der Waals surface area (Å²) in [5.41, 5.74) is 0. The van der Waals surface area contributed by atoms with E-state index in [4.69, 9.17) is 0 Å². The molecule has 2 fully saturated rings. The molecule has 17 heavy (non-hydrogen) atoms. The highest BCUT2D eigenvalue weighted by Crippen LogP contribution is 2.27. The number of carbonyl (C=O) groups is 2. The molecule has 0 aliphatic carbocycles. The third-order valence-corrected chi connectivity index (χ3v) is 4.04. The number of rotatable bonds is 2. The Balaban J connectivity index is 2.11. The summed E-state index contributed by atoms with van der Waals surface area (Å²) < 4.78 is 0. The lowest BCUT2D eigenvalue weighted by Crippen LogP contribution is -2.51. The molecule has 5 nitrogen and oxygen atoms in total. The molecule has 1 amide bonds. The van der Waals surface area contributed by atoms with E-state index in [-0.39, 0.29) is 17.9 Å². The molecule has 2 rings (SSSR count). The summed E-state index contributed by atoms with van der Waals surface area (Å²) in [7, 11) is 0. The third kappa shape index (κ3) is 2.16. The predicted octanol–water partition coefficient (Wildman–Crippen LogP) is 0.306. The predicted molar refractivity (Wildman–Crippen MR) is 62.5 cm³/mol. The summed E-state index contributed by atoms with van der Waals surface area (Å²) in [5, 5.41) is 12.4. The minimum atomic E-state index is -0.881. The minimum absolute atomic E-state index is 0.0354. The first kappa shape index (κ1) is 12.4. The number of carbonyl (C=O) groups excluding carboxylic acids is 1. The summed E-state index contributed by atoms with van der Waals surface area (Å²) in [6, 6.07) is -0.834. The summed E-state index contributed by atoms with van der Waals surface area (Å²) in [6.07, 6.45) is 1.77. The lowest BCUT2D eigenvalue weighted by atomic mass is 10.0. The first-order chi connectivity index (χ1) is 8.02. The van der Waals surface area contributed by atoms with Crippen molar-refractivity contribution in [1.29, 1.82) is 0 Å². The Bertz CT molecular complexity index is 332. The molecule has 5 heteroatoms. The molecule has 0 aromatic carbocycles. The fourth-order valence-corrected chi connectivity index (χ4v) is 2.91. The zero-order chi connectivity index (χ0) is 12.6. The number of nitrogens with one attached hydrogen (secondary N) is 1. The van der Waals surface area contributed by atoms with Crippen molar-refractivity contribution in [3.05, 3.63) is 0 Å². The van der Waals surface area contributed by atoms with Crippen LogP contribution in [0.3, 0.4) is 0 Å². The molecule has 2 aliphatic rings. The highest BCUT2D eigenvalue weighted by atomic mass is 16.4. The van der Waals surface area contributed by atoms with Crippen LogP contribution < -0.4 is 5.32 Å². The average molecular weight is 240 g/mol. The van der Waals surface area contributed by atoms with E-state index in [1.807, 2.05) is 13.8 Å². The van der Waals surface area contributed by atoms with Gasteiger partial charge in [0.1, 0.15) is 6.04 Å². The maximum absolute atomic E-state index is 12.3. The quantitative estimate of drug-likeness (QED) is 0.728. The van der Waals surface area contributed by atoms with E-state index in [1.54, 1.807) is 4.90 Å². The number of aliphatic carboxylic acids is 1. The van der Waals surface area contributed by atoms with Crippen LogP contribution in [-0.2, 0) is 9.59 Å². The molecule has 2 N–H and O–H groups in total. The Morgan fingerprint density at radius 3 is 2.47 bits per heavy atom. The van der Waals surface area contributed by atoms with Crippen LogP contribution >= 0.6 is 0 Å². The van der Waals surface area contributed by atoms with E-state index < -0.39 is 12.0 Å². The molecule has 0 radical (unpaired) electrons. The van der Waals surface area contributed by atoms with Crippen molar-refractivity contribution >= 4 is 11.9 Å². The number of hydrogen-bond donors (Lipinski definition) is 2. The number of amides is 1. The Labute approximate surface area is 101 Å². The van der Waals surface area contributed by atoms with Gasteiger partial charge in [-0.25, -0.2) is 4.79 Å². The summed E-state index contributed by atoms with van der Waals surface area (Å²) >= 11 is 0. The van der Waals surface area contributed by atoms with Gasteiger partial charge in [-0.15, -0.1) is 0 Å². The summed E-state index contributed by atoms with van der Waals surface area (Å²) in [6.45, 7) is 5.36. The Kier molecular flexibility index (Phi) is 3.38. The zero-order valence-electron chi connectivity index (χ0n) is 10.3. The van der Waals surface area contributed by atoms with Gasteiger partial charge in [-0.3, -0.25) is 4.79 Å². The Hall–Kier alpha value is -1.10. The van der Waals surface area contributed by atoms with E-state index in [2.05, 4.69) is 5.32 Å². The molecular formula is C12H20N2O3. The van der Waals surface area contributed by atoms with Crippen molar-refractivity contribution in [3.8, 4) is 0 Å². The van der Waals surface area contributed by atoms with E-state index in [0.717, 1.165) is 19.4 Å². The van der Waals surface area contributed by atoms with Crippen LogP contribution in [0.4, 0.5) is 0 Å². The lowest BCUT2D eigenvalue weighted by Gasteiger charge is -2.27. The van der Waals surface area contributed by atoms with Gasteiger partial charge in [0.25, 0.3) is 0 Å². The molecule has 96 valence electrons. The van der Waals surface area contributed by atoms with Crippen molar-refractivity contribution in [2.45, 2.75) is 38.8 Å². The van der Waals surface area contributed by atoms with Gasteiger partial charge in [0, 0.05) is 6.54 Å². The van der Waals surface area contributed by atoms with Crippen LogP contribution in [0.1, 0.15) is 26.7 Å². The molecule has 0 bridgehead atoms. The second kappa shape index (κ2) is 4.64. The van der Waals surface area contributed by atoms with Crippen molar-refractivity contribution in [2.24, 2.45) is 11.8 Å². The van der Waals surface area contributed by atoms with Gasteiger partial charge in [0.15, 0.2) is 0 Å². The first-order valence-corrected chi connectivity index (χ1v) is 6.29. The molecule has 4 unspecified atom stereocenters. The van der Waals surface area contributed by atoms with Crippen molar-refractivity contribution in [2.75, 3.05) is 13.1 Å². The van der Waals surface area contributed by atoms with Crippen LogP contribution in [0.5, 0.6) is 0 Å². The second-order valence-electron chi connectivity index (χ2n) is 5.28. The number of likely N-dealkylation sites (tertiary alicyclic amines) is 1. The monoisotopic (exact) mass is 240 g/mol. The molecule has 0 aromatic rings. The second-order valence-corrected chi connectivity index (χ2v) is 5.28. The molecule has 0 spiro atoms. The van der Waals surface area contributed by atoms with Gasteiger partial charge in [-0.1, -0.05) is 13.8 Å². The van der Waals surface area contributed by atoms with Crippen LogP contribution in [-0.4, -0.2) is 47.1 Å². The molecule has 4 atom stereocenters. The standard InChI is InChI=1S/C12H20N2O3/c1-7-3-5-13-9(7)11(15)14-6-4-8(2)10(14)12(16)17/h7-10,13H,3-6H2,1-2H3,(H,16,17). The van der Waals surface area contributed by atoms with Gasteiger partial charge in [0.05, 0.1) is 6.04 Å². The van der Waals surface area contributed by atoms with E-state index in [0.29, 0.717) is 12.5 Å². The first-order valence-electron chi connectivity index (χ1n) is 6.29. The van der Waals surface area contributed by atoms with Gasteiger partial charge in [0.2, 0.25) is 5.91 Å². The summed E-state index contributed by atoms with van der Waals surface area (Å²) in [5.74, 6) is -0.568. The number of carboxylic acid groups (broad SMARTS) is 1. The van der Waals surface area contributed by atoms with E-state index in [9.17, 15) is 14.7 Å². The van der Waals surface area contributed by atoms with Crippen LogP contribution in [0.25, 0.3) is 0 Å². The largest absolute Gasteiger partial charge is 0.480 e. The van der Waals surface area contributed by atoms with Gasteiger partial charge in [-0.2, -0.15) is 0 Å². The fraction of sp³-hybridized carbons (Fsp3) is 0.833. The molecule has 2 aliphatic heterocycles. The highest BCUT2D eigenvalue weighted by Gasteiger charge is 2.43. The molecule has 0 saturated carbocycles. The average Bonchev–Trinajstić information content (AvgIpc) is 2.83. The SMILES string of the molecule is CC1CCNC1C(=O)N1CCC(C)C1C(=O)O. The van der Waals surface area contributed by atoms with Gasteiger partial charge < -0.3 is 15.3 Å². The molecule has 2 saturated heterocycles. The molecule has 2 heterocycles. The van der Waals surface area contributed by atoms with Gasteiger partial charge >= 0.3 is 5.97 Å². The van der Waals surface area contributed by atoms with Crippen LogP contribution in [0, 0.1) is 11.8 Å². The van der Waals surface area contributed by atoms with E-state index in [1.165, 1.54) is 0 Å². The minimum Gasteiger partial charge on any atom is -0.480 e. The Morgan fingerprint density at radius 2 is 1.94 bits per heavy atom. The highest BCUT2D eigenvalue weighted by molar-refractivity contribution is 5.88. The zero-order valence-corrected chi connectivity index (χ0v) is 10.3. The number of hydrogen-bond acceptors (Lipinski definition) is 3. The van der Waals surface area contributed by atoms with Crippen molar-refractivity contribution in [3.63, 3.8) is 0 Å². The van der Waals surface area contributed by atoms with Crippen molar-refractivity contribution < 1.29 is 14.7 Å². The molecular weight excluding hydrogens is 220 g/mol. The lowest BCUT2D eigenvalue weighted by molar-refractivity contribution is -0.150. The Morgan fingerprint density at radius 1 is 1.24 bits per heavy atom. The molecule has 0 aromatic heterocycles. The summed E-state index contributed by atoms with van der Waals surface area (Å²) in [4.78, 5) is 25.1. The normalized spacial score (nSPS) is 37.4. The fourth-order valence-electron chi connectivity index (χ4n) is 2.91. The smallest absolute Gasteiger partial charge is 0.326 e. The topological polar surface area (TPSA) is 69.6 Å². The maximum atomic E-state index is 12.3. The number of carboxylic acids is 1. The maximum Gasteiger partial charge on any atom is 0.326 e. The van der Waals surface area contributed by atoms with Crippen LogP contribution in [0.2, 0.25) is 0 Å². The van der Waals surface area contributed by atoms with Crippen molar-refractivity contribution in [1.82, 2.24) is 10.2 Å².